The number of halogens is 2. The molecule has 3 heteroatoms. The van der Waals surface area contributed by atoms with Gasteiger partial charge in [-0.1, -0.05) is 53.5 Å². The van der Waals surface area contributed by atoms with E-state index in [4.69, 9.17) is 23.2 Å². The maximum Gasteiger partial charge on any atom is 0.0799 e. The molecule has 1 nitrogen and oxygen atoms in total. The summed E-state index contributed by atoms with van der Waals surface area (Å²) < 4.78 is 0. The third-order valence-electron chi connectivity index (χ3n) is 2.35. The third-order valence-corrected chi connectivity index (χ3v) is 3.18. The van der Waals surface area contributed by atoms with E-state index >= 15 is 0 Å². The van der Waals surface area contributed by atoms with Crippen LogP contribution < -0.4 is 0 Å². The zero-order valence-corrected chi connectivity index (χ0v) is 9.65. The highest BCUT2D eigenvalue weighted by molar-refractivity contribution is 6.42. The van der Waals surface area contributed by atoms with Crippen LogP contribution in [0.2, 0.25) is 10.0 Å². The third kappa shape index (κ3) is 2.55. The summed E-state index contributed by atoms with van der Waals surface area (Å²) in [7, 11) is 0. The van der Waals surface area contributed by atoms with Crippen molar-refractivity contribution in [3.8, 4) is 0 Å². The Balaban J connectivity index is 2.02. The van der Waals surface area contributed by atoms with E-state index in [1.807, 2.05) is 18.2 Å². The topological polar surface area (TPSA) is 15.8 Å². The summed E-state index contributed by atoms with van der Waals surface area (Å²) in [6.07, 6.45) is 3.58. The lowest BCUT2D eigenvalue weighted by Gasteiger charge is -2.00. The Kier molecular flexibility index (Phi) is 3.34. The molecule has 0 aliphatic heterocycles. The number of hydrogen-bond donors (Lipinski definition) is 1. The first-order valence-electron chi connectivity index (χ1n) is 4.82. The van der Waals surface area contributed by atoms with Gasteiger partial charge >= 0.3 is 0 Å². The van der Waals surface area contributed by atoms with Gasteiger partial charge in [0.15, 0.2) is 0 Å². The predicted octanol–water partition coefficient (Wildman–Crippen LogP) is 4.11. The fourth-order valence-corrected chi connectivity index (χ4v) is 1.89. The summed E-state index contributed by atoms with van der Waals surface area (Å²) >= 11 is 11.9. The number of hydrogen-bond acceptors (Lipinski definition) is 0. The van der Waals surface area contributed by atoms with Gasteiger partial charge in [0.1, 0.15) is 0 Å². The Morgan fingerprint density at radius 2 is 1.73 bits per heavy atom. The molecule has 0 aliphatic carbocycles. The molecule has 1 N–H and O–H groups in total. The first-order chi connectivity index (χ1) is 7.27. The van der Waals surface area contributed by atoms with Crippen LogP contribution in [0.4, 0.5) is 0 Å². The molecule has 0 amide bonds. The van der Waals surface area contributed by atoms with E-state index in [2.05, 4.69) is 17.1 Å². The van der Waals surface area contributed by atoms with Gasteiger partial charge in [0, 0.05) is 11.9 Å². The second-order valence-corrected chi connectivity index (χ2v) is 4.20. The van der Waals surface area contributed by atoms with Gasteiger partial charge in [-0.3, -0.25) is 0 Å². The molecule has 0 fully saturated rings. The van der Waals surface area contributed by atoms with Gasteiger partial charge in [0.25, 0.3) is 0 Å². The summed E-state index contributed by atoms with van der Waals surface area (Å²) in [5.41, 5.74) is 2.31. The van der Waals surface area contributed by atoms with Crippen molar-refractivity contribution < 1.29 is 0 Å². The maximum atomic E-state index is 6.01. The monoisotopic (exact) mass is 239 g/mol. The van der Waals surface area contributed by atoms with Gasteiger partial charge in [-0.25, -0.2) is 0 Å². The van der Waals surface area contributed by atoms with Gasteiger partial charge in [-0.15, -0.1) is 0 Å². The van der Waals surface area contributed by atoms with Crippen molar-refractivity contribution in [1.29, 1.82) is 0 Å². The minimum atomic E-state index is 0.597. The molecule has 0 saturated carbocycles. The Bertz CT molecular complexity index is 434. The van der Waals surface area contributed by atoms with Crippen molar-refractivity contribution in [3.05, 3.63) is 57.8 Å². The first-order valence-corrected chi connectivity index (χ1v) is 5.58. The van der Waals surface area contributed by atoms with Crippen LogP contribution in [0, 0.1) is 0 Å². The van der Waals surface area contributed by atoms with Gasteiger partial charge in [0.05, 0.1) is 10.0 Å². The number of nitrogens with one attached hydrogen (secondary N) is 1. The lowest BCUT2D eigenvalue weighted by Crippen LogP contribution is -1.91. The fraction of sp³-hybridized carbons (Fsp3) is 0.167. The molecular weight excluding hydrogens is 229 g/mol. The van der Waals surface area contributed by atoms with E-state index in [1.54, 1.807) is 6.20 Å². The van der Waals surface area contributed by atoms with Crippen molar-refractivity contribution in [2.75, 3.05) is 0 Å². The first kappa shape index (κ1) is 10.6. The normalized spacial score (nSPS) is 10.5. The van der Waals surface area contributed by atoms with Crippen LogP contribution in [0.1, 0.15) is 11.3 Å². The van der Waals surface area contributed by atoms with Gasteiger partial charge < -0.3 is 4.98 Å². The highest BCUT2D eigenvalue weighted by atomic mass is 35.5. The van der Waals surface area contributed by atoms with Crippen molar-refractivity contribution >= 4 is 23.2 Å². The van der Waals surface area contributed by atoms with Gasteiger partial charge in [-0.05, 0) is 18.4 Å². The Morgan fingerprint density at radius 1 is 1.00 bits per heavy atom. The van der Waals surface area contributed by atoms with Crippen molar-refractivity contribution in [3.63, 3.8) is 0 Å². The molecule has 2 aromatic rings. The highest BCUT2D eigenvalue weighted by Gasteiger charge is 2.06. The molecule has 0 saturated heterocycles. The maximum absolute atomic E-state index is 6.01. The summed E-state index contributed by atoms with van der Waals surface area (Å²) in [4.78, 5) is 3.08. The lowest BCUT2D eigenvalue weighted by molar-refractivity contribution is 0.926. The van der Waals surface area contributed by atoms with E-state index in [0.717, 1.165) is 18.5 Å². The average Bonchev–Trinajstić information content (AvgIpc) is 2.59. The minimum absolute atomic E-state index is 0.597. The summed E-state index contributed by atoms with van der Waals surface area (Å²) in [6, 6.07) is 10.3. The molecule has 2 rings (SSSR count). The van der Waals surface area contributed by atoms with Crippen molar-refractivity contribution in [1.82, 2.24) is 4.98 Å². The summed E-state index contributed by atoms with van der Waals surface area (Å²) in [5.74, 6) is 0. The SMILES string of the molecule is Clc1c[nH]c(CCc2ccccc2)c1Cl. The Morgan fingerprint density at radius 3 is 2.33 bits per heavy atom. The van der Waals surface area contributed by atoms with Crippen LogP contribution >= 0.6 is 23.2 Å². The summed E-state index contributed by atoms with van der Waals surface area (Å²) in [6.45, 7) is 0. The van der Waals surface area contributed by atoms with E-state index in [9.17, 15) is 0 Å². The Hall–Kier alpha value is -0.920. The molecular formula is C12H11Cl2N. The van der Waals surface area contributed by atoms with Crippen LogP contribution in [0.25, 0.3) is 0 Å². The molecule has 0 aliphatic rings. The molecule has 1 heterocycles. The van der Waals surface area contributed by atoms with Crippen LogP contribution in [-0.2, 0) is 12.8 Å². The highest BCUT2D eigenvalue weighted by Crippen LogP contribution is 2.26. The van der Waals surface area contributed by atoms with E-state index in [-0.39, 0.29) is 0 Å². The number of H-pyrrole nitrogens is 1. The zero-order valence-electron chi connectivity index (χ0n) is 8.13. The quantitative estimate of drug-likeness (QED) is 0.830. The van der Waals surface area contributed by atoms with Crippen LogP contribution in [0.5, 0.6) is 0 Å². The minimum Gasteiger partial charge on any atom is -0.362 e. The molecule has 0 spiro atoms. The molecule has 1 aromatic carbocycles. The van der Waals surface area contributed by atoms with Crippen LogP contribution in [0.3, 0.4) is 0 Å². The number of aryl methyl sites for hydroxylation is 2. The van der Waals surface area contributed by atoms with E-state index in [1.165, 1.54) is 5.56 Å². The smallest absolute Gasteiger partial charge is 0.0799 e. The van der Waals surface area contributed by atoms with Crippen molar-refractivity contribution in [2.45, 2.75) is 12.8 Å². The number of aromatic amines is 1. The van der Waals surface area contributed by atoms with Crippen LogP contribution in [-0.4, -0.2) is 4.98 Å². The molecule has 0 bridgehead atoms. The van der Waals surface area contributed by atoms with E-state index < -0.39 is 0 Å². The van der Waals surface area contributed by atoms with E-state index in [0.29, 0.717) is 10.0 Å². The Labute approximate surface area is 99.0 Å². The molecule has 1 aromatic heterocycles. The van der Waals surface area contributed by atoms with Gasteiger partial charge in [-0.2, -0.15) is 0 Å². The molecule has 15 heavy (non-hydrogen) atoms. The molecule has 0 atom stereocenters. The van der Waals surface area contributed by atoms with Crippen molar-refractivity contribution in [2.24, 2.45) is 0 Å². The summed E-state index contributed by atoms with van der Waals surface area (Å²) in [5, 5.41) is 1.24. The molecule has 0 radical (unpaired) electrons. The van der Waals surface area contributed by atoms with Crippen LogP contribution in [0.15, 0.2) is 36.5 Å². The lowest BCUT2D eigenvalue weighted by atomic mass is 10.1. The average molecular weight is 240 g/mol. The standard InChI is InChI=1S/C12H11Cl2N/c13-10-8-15-11(12(10)14)7-6-9-4-2-1-3-5-9/h1-5,8,15H,6-7H2. The number of aromatic nitrogens is 1. The number of rotatable bonds is 3. The largest absolute Gasteiger partial charge is 0.362 e. The fourth-order valence-electron chi connectivity index (χ4n) is 1.52. The number of benzene rings is 1. The second-order valence-electron chi connectivity index (χ2n) is 3.41. The second kappa shape index (κ2) is 4.73. The zero-order chi connectivity index (χ0) is 10.7. The van der Waals surface area contributed by atoms with Gasteiger partial charge in [0.2, 0.25) is 0 Å². The predicted molar refractivity (Wildman–Crippen MR) is 64.7 cm³/mol. The molecule has 0 unspecified atom stereocenters. The molecule has 78 valence electrons.